The second-order valence-corrected chi connectivity index (χ2v) is 8.46. The fourth-order valence-corrected chi connectivity index (χ4v) is 4.13. The fraction of sp³-hybridized carbons (Fsp3) is 0.296. The van der Waals surface area contributed by atoms with Gasteiger partial charge in [-0.15, -0.1) is 0 Å². The Balaban J connectivity index is 1.37. The van der Waals surface area contributed by atoms with Crippen LogP contribution in [0.2, 0.25) is 5.02 Å². The summed E-state index contributed by atoms with van der Waals surface area (Å²) in [5, 5.41) is 0.822. The number of hydrogen-bond acceptors (Lipinski definition) is 2. The lowest BCUT2D eigenvalue weighted by Gasteiger charge is -2.12. The van der Waals surface area contributed by atoms with Gasteiger partial charge in [-0.1, -0.05) is 54.1 Å². The summed E-state index contributed by atoms with van der Waals surface area (Å²) < 4.78 is 8.37. The minimum atomic E-state index is 0.701. The zero-order chi connectivity index (χ0) is 21.6. The van der Waals surface area contributed by atoms with Gasteiger partial charge in [0, 0.05) is 18.0 Å². The van der Waals surface area contributed by atoms with Crippen LogP contribution in [0.1, 0.15) is 35.4 Å². The van der Waals surface area contributed by atoms with Crippen LogP contribution in [-0.4, -0.2) is 16.2 Å². The Morgan fingerprint density at radius 3 is 2.35 bits per heavy atom. The van der Waals surface area contributed by atoms with Crippen molar-refractivity contribution in [2.75, 3.05) is 6.61 Å². The maximum atomic E-state index is 6.25. The number of unbranched alkanes of at least 4 members (excludes halogenated alkanes) is 1. The van der Waals surface area contributed by atoms with E-state index in [2.05, 4.69) is 59.2 Å². The first kappa shape index (κ1) is 21.5. The Morgan fingerprint density at radius 2 is 1.58 bits per heavy atom. The molecule has 3 aromatic carbocycles. The molecule has 1 aromatic heterocycles. The summed E-state index contributed by atoms with van der Waals surface area (Å²) >= 11 is 6.25. The molecule has 0 spiro atoms. The molecule has 3 nitrogen and oxygen atoms in total. The molecule has 160 valence electrons. The third-order valence-corrected chi connectivity index (χ3v) is 6.26. The average Bonchev–Trinajstić information content (AvgIpc) is 3.14. The molecule has 0 N–H and O–H groups in total. The fourth-order valence-electron chi connectivity index (χ4n) is 4.02. The van der Waals surface area contributed by atoms with Crippen LogP contribution in [-0.2, 0) is 19.4 Å². The molecular formula is C27H29ClN2O. The summed E-state index contributed by atoms with van der Waals surface area (Å²) in [6.07, 6.45) is 3.98. The summed E-state index contributed by atoms with van der Waals surface area (Å²) in [5.41, 5.74) is 5.77. The lowest BCUT2D eigenvalue weighted by atomic mass is 10.1. The molecule has 31 heavy (non-hydrogen) atoms. The molecule has 0 fully saturated rings. The molecule has 0 radical (unpaired) electrons. The van der Waals surface area contributed by atoms with Gasteiger partial charge in [-0.05, 0) is 74.1 Å². The van der Waals surface area contributed by atoms with E-state index >= 15 is 0 Å². The number of halogens is 1. The van der Waals surface area contributed by atoms with E-state index in [9.17, 15) is 0 Å². The number of nitrogens with zero attached hydrogens (tertiary/aromatic N) is 2. The monoisotopic (exact) mass is 432 g/mol. The van der Waals surface area contributed by atoms with E-state index in [1.54, 1.807) is 0 Å². The summed E-state index contributed by atoms with van der Waals surface area (Å²) in [6, 6.07) is 23.1. The largest absolute Gasteiger partial charge is 0.494 e. The number of imidazole rings is 1. The van der Waals surface area contributed by atoms with E-state index in [0.29, 0.717) is 6.61 Å². The highest BCUT2D eigenvalue weighted by Crippen LogP contribution is 2.26. The Labute approximate surface area is 189 Å². The van der Waals surface area contributed by atoms with E-state index < -0.39 is 0 Å². The number of benzene rings is 3. The zero-order valence-corrected chi connectivity index (χ0v) is 19.0. The Hall–Kier alpha value is -2.78. The third kappa shape index (κ3) is 5.29. The van der Waals surface area contributed by atoms with E-state index in [1.165, 1.54) is 11.1 Å². The number of aromatic nitrogens is 2. The Kier molecular flexibility index (Phi) is 6.93. The van der Waals surface area contributed by atoms with Gasteiger partial charge in [0.2, 0.25) is 0 Å². The van der Waals surface area contributed by atoms with Crippen molar-refractivity contribution in [3.05, 3.63) is 94.3 Å². The third-order valence-electron chi connectivity index (χ3n) is 5.67. The van der Waals surface area contributed by atoms with Crippen molar-refractivity contribution in [2.24, 2.45) is 0 Å². The number of rotatable bonds is 9. The quantitative estimate of drug-likeness (QED) is 0.267. The number of hydrogen-bond donors (Lipinski definition) is 0. The molecule has 0 aliphatic heterocycles. The number of aryl methyl sites for hydroxylation is 5. The van der Waals surface area contributed by atoms with Crippen molar-refractivity contribution < 1.29 is 4.74 Å². The minimum absolute atomic E-state index is 0.701. The summed E-state index contributed by atoms with van der Waals surface area (Å²) in [6.45, 7) is 5.69. The molecule has 0 saturated carbocycles. The van der Waals surface area contributed by atoms with E-state index in [4.69, 9.17) is 21.3 Å². The molecule has 4 rings (SSSR count). The molecular weight excluding hydrogens is 404 g/mol. The minimum Gasteiger partial charge on any atom is -0.494 e. The van der Waals surface area contributed by atoms with Crippen molar-refractivity contribution >= 4 is 22.6 Å². The van der Waals surface area contributed by atoms with Gasteiger partial charge < -0.3 is 9.30 Å². The number of fused-ring (bicyclic) bond motifs is 1. The molecule has 1 heterocycles. The van der Waals surface area contributed by atoms with Gasteiger partial charge in [0.05, 0.1) is 17.6 Å². The maximum absolute atomic E-state index is 6.25. The first-order chi connectivity index (χ1) is 15.1. The molecule has 0 amide bonds. The molecule has 0 atom stereocenters. The highest BCUT2D eigenvalue weighted by Gasteiger charge is 2.10. The van der Waals surface area contributed by atoms with E-state index in [0.717, 1.165) is 65.5 Å². The maximum Gasteiger partial charge on any atom is 0.119 e. The van der Waals surface area contributed by atoms with Gasteiger partial charge in [-0.3, -0.25) is 0 Å². The molecule has 0 bridgehead atoms. The smallest absolute Gasteiger partial charge is 0.119 e. The predicted molar refractivity (Wildman–Crippen MR) is 129 cm³/mol. The predicted octanol–water partition coefficient (Wildman–Crippen LogP) is 6.95. The summed E-state index contributed by atoms with van der Waals surface area (Å²) in [7, 11) is 0. The first-order valence-corrected chi connectivity index (χ1v) is 11.4. The van der Waals surface area contributed by atoms with E-state index in [1.807, 2.05) is 26.0 Å². The Morgan fingerprint density at radius 1 is 0.871 bits per heavy atom. The van der Waals surface area contributed by atoms with Crippen molar-refractivity contribution in [3.63, 3.8) is 0 Å². The number of ether oxygens (including phenoxy) is 1. The normalized spacial score (nSPS) is 11.2. The molecule has 0 unspecified atom stereocenters. The van der Waals surface area contributed by atoms with Crippen LogP contribution >= 0.6 is 11.6 Å². The van der Waals surface area contributed by atoms with E-state index in [-0.39, 0.29) is 0 Å². The second-order valence-electron chi connectivity index (χ2n) is 8.08. The van der Waals surface area contributed by atoms with Gasteiger partial charge >= 0.3 is 0 Å². The Bertz CT molecular complexity index is 1130. The van der Waals surface area contributed by atoms with Crippen molar-refractivity contribution in [3.8, 4) is 5.75 Å². The van der Waals surface area contributed by atoms with Gasteiger partial charge in [-0.2, -0.15) is 0 Å². The van der Waals surface area contributed by atoms with Crippen LogP contribution < -0.4 is 4.74 Å². The molecule has 0 saturated heterocycles. The van der Waals surface area contributed by atoms with Gasteiger partial charge in [0.1, 0.15) is 11.6 Å². The van der Waals surface area contributed by atoms with Gasteiger partial charge in [-0.25, -0.2) is 4.98 Å². The van der Waals surface area contributed by atoms with Crippen LogP contribution in [0.4, 0.5) is 0 Å². The summed E-state index contributed by atoms with van der Waals surface area (Å²) in [5.74, 6) is 2.06. The van der Waals surface area contributed by atoms with Crippen LogP contribution in [0.15, 0.2) is 66.7 Å². The molecule has 4 aromatic rings. The zero-order valence-electron chi connectivity index (χ0n) is 18.3. The molecule has 0 aliphatic rings. The van der Waals surface area contributed by atoms with Crippen LogP contribution in [0.3, 0.4) is 0 Å². The molecule has 4 heteroatoms. The highest BCUT2D eigenvalue weighted by atomic mass is 35.5. The van der Waals surface area contributed by atoms with Crippen molar-refractivity contribution in [1.29, 1.82) is 0 Å². The topological polar surface area (TPSA) is 27.1 Å². The SMILES string of the molecule is Cc1cc(OCCCCn2c(CCc3ccccc3)nc3ccccc32)cc(C)c1Cl. The number of para-hydroxylation sites is 2. The lowest BCUT2D eigenvalue weighted by molar-refractivity contribution is 0.303. The van der Waals surface area contributed by atoms with Gasteiger partial charge in [0.25, 0.3) is 0 Å². The van der Waals surface area contributed by atoms with Crippen LogP contribution in [0.5, 0.6) is 5.75 Å². The van der Waals surface area contributed by atoms with Crippen molar-refractivity contribution in [1.82, 2.24) is 9.55 Å². The highest BCUT2D eigenvalue weighted by molar-refractivity contribution is 6.32. The second kappa shape index (κ2) is 10.0. The van der Waals surface area contributed by atoms with Gasteiger partial charge in [0.15, 0.2) is 0 Å². The van der Waals surface area contributed by atoms with Crippen LogP contribution in [0, 0.1) is 13.8 Å². The van der Waals surface area contributed by atoms with Crippen LogP contribution in [0.25, 0.3) is 11.0 Å². The van der Waals surface area contributed by atoms with Crippen molar-refractivity contribution in [2.45, 2.75) is 46.1 Å². The lowest BCUT2D eigenvalue weighted by Crippen LogP contribution is -2.07. The standard InChI is InChI=1S/C27H29ClN2O/c1-20-18-23(19-21(2)27(20)28)31-17-9-8-16-30-25-13-7-6-12-24(25)29-26(30)15-14-22-10-4-3-5-11-22/h3-7,10-13,18-19H,8-9,14-17H2,1-2H3. The average molecular weight is 433 g/mol. The first-order valence-electron chi connectivity index (χ1n) is 11.0. The molecule has 0 aliphatic carbocycles. The summed E-state index contributed by atoms with van der Waals surface area (Å²) in [4.78, 5) is 4.92.